The van der Waals surface area contributed by atoms with Crippen molar-refractivity contribution >= 4 is 5.78 Å². The number of carbonyl (C=O) groups excluding carboxylic acids is 1. The highest BCUT2D eigenvalue weighted by Gasteiger charge is 2.20. The molecule has 0 fully saturated rings. The van der Waals surface area contributed by atoms with Crippen LogP contribution in [0, 0.1) is 11.8 Å². The second-order valence-electron chi connectivity index (χ2n) is 5.13. The van der Waals surface area contributed by atoms with Gasteiger partial charge in [-0.25, -0.2) is 0 Å². The van der Waals surface area contributed by atoms with Crippen molar-refractivity contribution in [1.82, 2.24) is 0 Å². The van der Waals surface area contributed by atoms with Crippen molar-refractivity contribution < 1.29 is 4.79 Å². The first-order valence-electron chi connectivity index (χ1n) is 6.49. The Kier molecular flexibility index (Phi) is 5.79. The molecule has 1 aromatic carbocycles. The Morgan fingerprint density at radius 2 is 1.94 bits per heavy atom. The highest BCUT2D eigenvalue weighted by atomic mass is 16.1. The molecule has 0 saturated carbocycles. The molecular formula is C16H23NO. The molecule has 2 N–H and O–H groups in total. The first-order chi connectivity index (χ1) is 8.54. The molecule has 0 aliphatic heterocycles. The van der Waals surface area contributed by atoms with Crippen LogP contribution in [0.3, 0.4) is 0 Å². The molecule has 2 atom stereocenters. The van der Waals surface area contributed by atoms with Gasteiger partial charge in [0.25, 0.3) is 0 Å². The fourth-order valence-electron chi connectivity index (χ4n) is 1.92. The molecular weight excluding hydrogens is 222 g/mol. The van der Waals surface area contributed by atoms with Gasteiger partial charge in [-0.2, -0.15) is 0 Å². The van der Waals surface area contributed by atoms with Crippen molar-refractivity contribution in [2.45, 2.75) is 32.7 Å². The summed E-state index contributed by atoms with van der Waals surface area (Å²) in [6, 6.07) is 9.80. The zero-order chi connectivity index (χ0) is 13.5. The standard InChI is InChI=1S/C16H23NO/c1-4-13(10-14-8-6-5-7-9-14)11-15(18)16(17)12(2)3/h4-9,12-13,16H,1,10-11,17H2,2-3H3/t13?,16-/m0/s1. The molecule has 0 amide bonds. The lowest BCUT2D eigenvalue weighted by molar-refractivity contribution is -0.121. The van der Waals surface area contributed by atoms with Crippen LogP contribution in [0.1, 0.15) is 25.8 Å². The summed E-state index contributed by atoms with van der Waals surface area (Å²) in [4.78, 5) is 12.0. The number of hydrogen-bond acceptors (Lipinski definition) is 2. The van der Waals surface area contributed by atoms with Crippen molar-refractivity contribution in [2.75, 3.05) is 0 Å². The predicted octanol–water partition coefficient (Wildman–Crippen LogP) is 2.97. The zero-order valence-electron chi connectivity index (χ0n) is 11.3. The zero-order valence-corrected chi connectivity index (χ0v) is 11.3. The minimum Gasteiger partial charge on any atom is -0.321 e. The fraction of sp³-hybridized carbons (Fsp3) is 0.438. The largest absolute Gasteiger partial charge is 0.321 e. The summed E-state index contributed by atoms with van der Waals surface area (Å²) in [5, 5.41) is 0. The average molecular weight is 245 g/mol. The molecule has 0 aromatic heterocycles. The van der Waals surface area contributed by atoms with E-state index in [2.05, 4.69) is 18.7 Å². The number of ketones is 1. The monoisotopic (exact) mass is 245 g/mol. The van der Waals surface area contributed by atoms with Gasteiger partial charge in [0.2, 0.25) is 0 Å². The normalized spacial score (nSPS) is 14.2. The molecule has 0 aliphatic carbocycles. The molecule has 2 nitrogen and oxygen atoms in total. The van der Waals surface area contributed by atoms with E-state index in [0.29, 0.717) is 6.42 Å². The second-order valence-corrected chi connectivity index (χ2v) is 5.13. The topological polar surface area (TPSA) is 43.1 Å². The second kappa shape index (κ2) is 7.12. The number of Topliss-reactive ketones (excluding diaryl/α,β-unsaturated/α-hetero) is 1. The summed E-state index contributed by atoms with van der Waals surface area (Å²) in [7, 11) is 0. The van der Waals surface area contributed by atoms with Crippen molar-refractivity contribution in [3.05, 3.63) is 48.6 Å². The van der Waals surface area contributed by atoms with Crippen LogP contribution in [-0.2, 0) is 11.2 Å². The lowest BCUT2D eigenvalue weighted by atomic mass is 9.89. The third-order valence-electron chi connectivity index (χ3n) is 3.23. The van der Waals surface area contributed by atoms with Crippen LogP contribution in [0.15, 0.2) is 43.0 Å². The van der Waals surface area contributed by atoms with E-state index >= 15 is 0 Å². The molecule has 98 valence electrons. The van der Waals surface area contributed by atoms with E-state index < -0.39 is 0 Å². The fourth-order valence-corrected chi connectivity index (χ4v) is 1.92. The van der Waals surface area contributed by atoms with Crippen LogP contribution in [0.25, 0.3) is 0 Å². The van der Waals surface area contributed by atoms with E-state index in [9.17, 15) is 4.79 Å². The Morgan fingerprint density at radius 3 is 2.44 bits per heavy atom. The maximum Gasteiger partial charge on any atom is 0.150 e. The van der Waals surface area contributed by atoms with E-state index in [4.69, 9.17) is 5.73 Å². The van der Waals surface area contributed by atoms with Crippen LogP contribution >= 0.6 is 0 Å². The Hall–Kier alpha value is -1.41. The maximum atomic E-state index is 12.0. The van der Waals surface area contributed by atoms with Crippen molar-refractivity contribution in [3.63, 3.8) is 0 Å². The molecule has 0 heterocycles. The van der Waals surface area contributed by atoms with Crippen LogP contribution < -0.4 is 5.73 Å². The Balaban J connectivity index is 2.58. The molecule has 1 rings (SSSR count). The lowest BCUT2D eigenvalue weighted by Gasteiger charge is -2.18. The van der Waals surface area contributed by atoms with Gasteiger partial charge in [0.05, 0.1) is 6.04 Å². The molecule has 1 aromatic rings. The average Bonchev–Trinajstić information content (AvgIpc) is 2.37. The van der Waals surface area contributed by atoms with Crippen molar-refractivity contribution in [2.24, 2.45) is 17.6 Å². The Bertz CT molecular complexity index is 383. The highest BCUT2D eigenvalue weighted by molar-refractivity contribution is 5.84. The summed E-state index contributed by atoms with van der Waals surface area (Å²) in [6.45, 7) is 7.77. The minimum atomic E-state index is -0.358. The maximum absolute atomic E-state index is 12.0. The van der Waals surface area contributed by atoms with Gasteiger partial charge >= 0.3 is 0 Å². The van der Waals surface area contributed by atoms with Gasteiger partial charge in [-0.1, -0.05) is 50.3 Å². The van der Waals surface area contributed by atoms with E-state index in [0.717, 1.165) is 6.42 Å². The quantitative estimate of drug-likeness (QED) is 0.750. The molecule has 0 saturated heterocycles. The summed E-state index contributed by atoms with van der Waals surface area (Å²) in [5.74, 6) is 0.496. The molecule has 0 aliphatic rings. The molecule has 0 spiro atoms. The predicted molar refractivity (Wildman–Crippen MR) is 76.3 cm³/mol. The van der Waals surface area contributed by atoms with Gasteiger partial charge in [0.1, 0.15) is 5.78 Å². The van der Waals surface area contributed by atoms with Gasteiger partial charge in [-0.3, -0.25) is 4.79 Å². The number of benzene rings is 1. The SMILES string of the molecule is C=CC(CC(=O)[C@@H](N)C(C)C)Cc1ccccc1. The van der Waals surface area contributed by atoms with E-state index in [1.165, 1.54) is 5.56 Å². The summed E-state index contributed by atoms with van der Waals surface area (Å²) in [5.41, 5.74) is 7.10. The summed E-state index contributed by atoms with van der Waals surface area (Å²) < 4.78 is 0. The smallest absolute Gasteiger partial charge is 0.150 e. The van der Waals surface area contributed by atoms with Crippen molar-refractivity contribution in [1.29, 1.82) is 0 Å². The van der Waals surface area contributed by atoms with Crippen molar-refractivity contribution in [3.8, 4) is 0 Å². The number of nitrogens with two attached hydrogens (primary N) is 1. The van der Waals surface area contributed by atoms with Gasteiger partial charge in [-0.15, -0.1) is 6.58 Å². The van der Waals surface area contributed by atoms with Crippen LogP contribution in [0.2, 0.25) is 0 Å². The van der Waals surface area contributed by atoms with Gasteiger partial charge in [-0.05, 0) is 23.8 Å². The number of carbonyl (C=O) groups is 1. The molecule has 18 heavy (non-hydrogen) atoms. The first-order valence-corrected chi connectivity index (χ1v) is 6.49. The van der Waals surface area contributed by atoms with Crippen LogP contribution in [0.4, 0.5) is 0 Å². The third kappa shape index (κ3) is 4.46. The molecule has 1 unspecified atom stereocenters. The summed E-state index contributed by atoms with van der Waals surface area (Å²) in [6.07, 6.45) is 3.19. The Labute approximate surface area is 110 Å². The number of hydrogen-bond donors (Lipinski definition) is 1. The molecule has 0 bridgehead atoms. The molecule has 0 radical (unpaired) electrons. The lowest BCUT2D eigenvalue weighted by Crippen LogP contribution is -2.36. The number of rotatable bonds is 7. The van der Waals surface area contributed by atoms with Gasteiger partial charge < -0.3 is 5.73 Å². The minimum absolute atomic E-state index is 0.130. The van der Waals surface area contributed by atoms with E-state index in [1.807, 2.05) is 38.1 Å². The van der Waals surface area contributed by atoms with Crippen LogP contribution in [-0.4, -0.2) is 11.8 Å². The van der Waals surface area contributed by atoms with E-state index in [-0.39, 0.29) is 23.7 Å². The van der Waals surface area contributed by atoms with E-state index in [1.54, 1.807) is 0 Å². The number of allylic oxidation sites excluding steroid dienone is 1. The Morgan fingerprint density at radius 1 is 1.33 bits per heavy atom. The summed E-state index contributed by atoms with van der Waals surface area (Å²) >= 11 is 0. The van der Waals surface area contributed by atoms with Gasteiger partial charge in [0, 0.05) is 6.42 Å². The van der Waals surface area contributed by atoms with Crippen LogP contribution in [0.5, 0.6) is 0 Å². The molecule has 2 heteroatoms. The highest BCUT2D eigenvalue weighted by Crippen LogP contribution is 2.16. The first kappa shape index (κ1) is 14.7. The van der Waals surface area contributed by atoms with Gasteiger partial charge in [0.15, 0.2) is 0 Å². The third-order valence-corrected chi connectivity index (χ3v) is 3.23.